The molecule has 1 atom stereocenters. The van der Waals surface area contributed by atoms with E-state index in [0.29, 0.717) is 12.8 Å². The van der Waals surface area contributed by atoms with E-state index >= 15 is 0 Å². The van der Waals surface area contributed by atoms with Crippen LogP contribution >= 0.6 is 0 Å². The molecule has 0 spiro atoms. The Morgan fingerprint density at radius 2 is 1.83 bits per heavy atom. The Bertz CT molecular complexity index is 891. The molecular weight excluding hydrogens is 404 g/mol. The van der Waals surface area contributed by atoms with Crippen LogP contribution in [0.3, 0.4) is 0 Å². The zero-order valence-corrected chi connectivity index (χ0v) is 18.2. The second-order valence-corrected chi connectivity index (χ2v) is 9.91. The van der Waals surface area contributed by atoms with E-state index < -0.39 is 28.5 Å². The number of para-hydroxylation sites is 1. The molecule has 1 saturated carbocycles. The Balaban J connectivity index is 1.64. The molecule has 0 bridgehead atoms. The summed E-state index contributed by atoms with van der Waals surface area (Å²) in [7, 11) is -2.16. The van der Waals surface area contributed by atoms with Crippen molar-refractivity contribution in [2.75, 3.05) is 19.0 Å². The second-order valence-electron chi connectivity index (χ2n) is 7.95. The van der Waals surface area contributed by atoms with Crippen molar-refractivity contribution in [1.82, 2.24) is 4.31 Å². The van der Waals surface area contributed by atoms with E-state index in [1.54, 1.807) is 25.2 Å². The highest BCUT2D eigenvalue weighted by atomic mass is 32.2. The van der Waals surface area contributed by atoms with Crippen LogP contribution in [0.4, 0.5) is 5.69 Å². The highest BCUT2D eigenvalue weighted by Gasteiger charge is 2.31. The number of hydrogen-bond donors (Lipinski definition) is 1. The first-order chi connectivity index (χ1) is 14.4. The zero-order valence-electron chi connectivity index (χ0n) is 17.4. The molecule has 7 nitrogen and oxygen atoms in total. The van der Waals surface area contributed by atoms with Gasteiger partial charge in [0.05, 0.1) is 11.6 Å². The van der Waals surface area contributed by atoms with E-state index in [1.807, 2.05) is 12.2 Å². The van der Waals surface area contributed by atoms with Gasteiger partial charge in [-0.15, -0.1) is 0 Å². The average molecular weight is 435 g/mol. The number of nitrogens with zero attached hydrogens (tertiary/aromatic N) is 1. The largest absolute Gasteiger partial charge is 0.455 e. The number of benzene rings is 1. The van der Waals surface area contributed by atoms with E-state index in [4.69, 9.17) is 4.74 Å². The third kappa shape index (κ3) is 5.49. The van der Waals surface area contributed by atoms with Gasteiger partial charge in [-0.25, -0.2) is 8.42 Å². The van der Waals surface area contributed by atoms with Crippen molar-refractivity contribution in [3.8, 4) is 0 Å². The molecule has 0 radical (unpaired) electrons. The van der Waals surface area contributed by atoms with E-state index in [-0.39, 0.29) is 22.5 Å². The molecule has 0 saturated heterocycles. The first-order valence-electron chi connectivity index (χ1n) is 10.6. The van der Waals surface area contributed by atoms with Crippen molar-refractivity contribution in [2.45, 2.75) is 62.3 Å². The summed E-state index contributed by atoms with van der Waals surface area (Å²) in [6.07, 6.45) is 11.0. The Morgan fingerprint density at radius 1 is 1.10 bits per heavy atom. The predicted octanol–water partition coefficient (Wildman–Crippen LogP) is 3.48. The van der Waals surface area contributed by atoms with Crippen LogP contribution in [0.1, 0.15) is 51.4 Å². The van der Waals surface area contributed by atoms with Crippen molar-refractivity contribution in [2.24, 2.45) is 5.92 Å². The van der Waals surface area contributed by atoms with Crippen molar-refractivity contribution < 1.29 is 22.7 Å². The first kappa shape index (κ1) is 22.5. The number of nitrogens with one attached hydrogen (secondary N) is 1. The monoisotopic (exact) mass is 434 g/mol. The Morgan fingerprint density at radius 3 is 2.53 bits per heavy atom. The van der Waals surface area contributed by atoms with Crippen molar-refractivity contribution in [1.29, 1.82) is 0 Å². The predicted molar refractivity (Wildman–Crippen MR) is 114 cm³/mol. The van der Waals surface area contributed by atoms with Crippen LogP contribution in [0.15, 0.2) is 41.3 Å². The number of rotatable bonds is 7. The number of ether oxygens (including phenoxy) is 1. The van der Waals surface area contributed by atoms with E-state index in [1.165, 1.54) is 10.4 Å². The molecule has 2 aliphatic rings. The van der Waals surface area contributed by atoms with Gasteiger partial charge in [0.15, 0.2) is 6.61 Å². The highest BCUT2D eigenvalue weighted by Crippen LogP contribution is 2.29. The molecule has 0 unspecified atom stereocenters. The van der Waals surface area contributed by atoms with Gasteiger partial charge < -0.3 is 10.1 Å². The van der Waals surface area contributed by atoms with Crippen molar-refractivity contribution in [3.05, 3.63) is 36.4 Å². The number of anilines is 1. The van der Waals surface area contributed by atoms with Crippen LogP contribution in [0.25, 0.3) is 0 Å². The van der Waals surface area contributed by atoms with Gasteiger partial charge in [-0.05, 0) is 44.2 Å². The summed E-state index contributed by atoms with van der Waals surface area (Å²) in [4.78, 5) is 24.5. The average Bonchev–Trinajstić information content (AvgIpc) is 2.78. The number of amides is 1. The summed E-state index contributed by atoms with van der Waals surface area (Å²) in [5, 5.41) is 2.60. The van der Waals surface area contributed by atoms with Crippen molar-refractivity contribution >= 4 is 27.6 Å². The number of carbonyl (C=O) groups is 2. The molecule has 2 aliphatic carbocycles. The molecular formula is C22H30N2O5S. The molecule has 1 aromatic rings. The number of sulfonamides is 1. The summed E-state index contributed by atoms with van der Waals surface area (Å²) in [5.74, 6) is -1.18. The fourth-order valence-corrected chi connectivity index (χ4v) is 5.60. The van der Waals surface area contributed by atoms with Crippen LogP contribution in [0.5, 0.6) is 0 Å². The van der Waals surface area contributed by atoms with Crippen LogP contribution in [-0.2, 0) is 24.3 Å². The van der Waals surface area contributed by atoms with Gasteiger partial charge in [0.1, 0.15) is 4.90 Å². The Kier molecular flexibility index (Phi) is 7.66. The molecule has 1 amide bonds. The maximum Gasteiger partial charge on any atom is 0.309 e. The number of hydrogen-bond acceptors (Lipinski definition) is 5. The van der Waals surface area contributed by atoms with Gasteiger partial charge in [0.2, 0.25) is 10.0 Å². The maximum absolute atomic E-state index is 13.2. The van der Waals surface area contributed by atoms with Gasteiger partial charge in [-0.1, -0.05) is 43.5 Å². The Labute approximate surface area is 178 Å². The quantitative estimate of drug-likeness (QED) is 0.524. The summed E-state index contributed by atoms with van der Waals surface area (Å²) < 4.78 is 32.9. The fourth-order valence-electron chi connectivity index (χ4n) is 4.04. The lowest BCUT2D eigenvalue weighted by Gasteiger charge is -2.30. The van der Waals surface area contributed by atoms with E-state index in [9.17, 15) is 18.0 Å². The molecule has 164 valence electrons. The SMILES string of the molecule is CN(C1CCCCC1)S(=O)(=O)c1ccccc1NC(=O)COC(=O)[C@@H]1CC=CCC1. The lowest BCUT2D eigenvalue weighted by atomic mass is 9.95. The molecule has 8 heteroatoms. The molecule has 0 heterocycles. The van der Waals surface area contributed by atoms with Gasteiger partial charge >= 0.3 is 5.97 Å². The lowest BCUT2D eigenvalue weighted by molar-refractivity contribution is -0.151. The zero-order chi connectivity index (χ0) is 21.6. The van der Waals surface area contributed by atoms with Crippen molar-refractivity contribution in [3.63, 3.8) is 0 Å². The summed E-state index contributed by atoms with van der Waals surface area (Å²) in [6.45, 7) is -0.439. The third-order valence-electron chi connectivity index (χ3n) is 5.86. The molecule has 0 aliphatic heterocycles. The Hall–Kier alpha value is -2.19. The smallest absolute Gasteiger partial charge is 0.309 e. The van der Waals surface area contributed by atoms with Crippen LogP contribution in [-0.4, -0.2) is 44.3 Å². The van der Waals surface area contributed by atoms with Crippen LogP contribution in [0.2, 0.25) is 0 Å². The second kappa shape index (κ2) is 10.2. The number of allylic oxidation sites excluding steroid dienone is 2. The highest BCUT2D eigenvalue weighted by molar-refractivity contribution is 7.89. The summed E-state index contributed by atoms with van der Waals surface area (Å²) in [6, 6.07) is 6.31. The molecule has 1 aromatic carbocycles. The molecule has 3 rings (SSSR count). The molecule has 1 fully saturated rings. The standard InChI is InChI=1S/C22H30N2O5S/c1-24(18-12-6-3-7-13-18)30(27,28)20-15-9-8-14-19(20)23-21(25)16-29-22(26)17-10-4-2-5-11-17/h2,4,8-9,14-15,17-18H,3,5-7,10-13,16H2,1H3,(H,23,25)/t17-/m1/s1. The molecule has 1 N–H and O–H groups in total. The lowest BCUT2D eigenvalue weighted by Crippen LogP contribution is -2.38. The van der Waals surface area contributed by atoms with Gasteiger partial charge in [-0.2, -0.15) is 4.31 Å². The van der Waals surface area contributed by atoms with E-state index in [0.717, 1.165) is 38.5 Å². The first-order valence-corrected chi connectivity index (χ1v) is 12.0. The fraction of sp³-hybridized carbons (Fsp3) is 0.545. The maximum atomic E-state index is 13.2. The third-order valence-corrected chi connectivity index (χ3v) is 7.82. The topological polar surface area (TPSA) is 92.8 Å². The minimum Gasteiger partial charge on any atom is -0.455 e. The normalized spacial score (nSPS) is 20.1. The number of carbonyl (C=O) groups excluding carboxylic acids is 2. The van der Waals surface area contributed by atoms with Crippen LogP contribution < -0.4 is 5.32 Å². The summed E-state index contributed by atoms with van der Waals surface area (Å²) >= 11 is 0. The summed E-state index contributed by atoms with van der Waals surface area (Å²) in [5.41, 5.74) is 0.196. The van der Waals surface area contributed by atoms with Crippen LogP contribution in [0, 0.1) is 5.92 Å². The van der Waals surface area contributed by atoms with E-state index in [2.05, 4.69) is 5.32 Å². The van der Waals surface area contributed by atoms with Gasteiger partial charge in [-0.3, -0.25) is 9.59 Å². The molecule has 0 aromatic heterocycles. The minimum absolute atomic E-state index is 0.0296. The van der Waals surface area contributed by atoms with Gasteiger partial charge in [0.25, 0.3) is 5.91 Å². The minimum atomic E-state index is -3.76. The number of esters is 1. The van der Waals surface area contributed by atoms with Gasteiger partial charge in [0, 0.05) is 13.1 Å². The molecule has 30 heavy (non-hydrogen) atoms.